The summed E-state index contributed by atoms with van der Waals surface area (Å²) in [7, 11) is 0. The lowest BCUT2D eigenvalue weighted by Gasteiger charge is -2.15. The van der Waals surface area contributed by atoms with Crippen LogP contribution < -0.4 is 0 Å². The average Bonchev–Trinajstić information content (AvgIpc) is 2.34. The standard InChI is InChI=1S/C16H15Br2F/c1-9-4-5-13(14(17)6-9)15(18)12-7-10(2)16(19)11(3)8-12/h4-8,15H,1-3H3. The zero-order valence-corrected chi connectivity index (χ0v) is 14.3. The summed E-state index contributed by atoms with van der Waals surface area (Å²) in [5.41, 5.74) is 4.80. The van der Waals surface area contributed by atoms with E-state index in [1.807, 2.05) is 12.1 Å². The van der Waals surface area contributed by atoms with E-state index >= 15 is 0 Å². The van der Waals surface area contributed by atoms with E-state index < -0.39 is 0 Å². The molecule has 0 aromatic heterocycles. The first kappa shape index (κ1) is 14.7. The summed E-state index contributed by atoms with van der Waals surface area (Å²) < 4.78 is 14.7. The first-order valence-corrected chi connectivity index (χ1v) is 7.77. The van der Waals surface area contributed by atoms with Crippen molar-refractivity contribution in [3.8, 4) is 0 Å². The molecule has 0 radical (unpaired) electrons. The van der Waals surface area contributed by atoms with E-state index in [0.29, 0.717) is 11.1 Å². The van der Waals surface area contributed by atoms with Crippen LogP contribution in [0, 0.1) is 26.6 Å². The van der Waals surface area contributed by atoms with Crippen molar-refractivity contribution in [1.82, 2.24) is 0 Å². The summed E-state index contributed by atoms with van der Waals surface area (Å²) in [6.07, 6.45) is 0. The molecular weight excluding hydrogens is 371 g/mol. The topological polar surface area (TPSA) is 0 Å². The van der Waals surface area contributed by atoms with Crippen molar-refractivity contribution in [2.75, 3.05) is 0 Å². The Kier molecular flexibility index (Phi) is 4.46. The lowest BCUT2D eigenvalue weighted by molar-refractivity contribution is 0.608. The van der Waals surface area contributed by atoms with Crippen LogP contribution in [-0.2, 0) is 0 Å². The molecular formula is C16H15Br2F. The lowest BCUT2D eigenvalue weighted by Crippen LogP contribution is -1.98. The second-order valence-electron chi connectivity index (χ2n) is 4.86. The number of halogens is 3. The molecule has 1 atom stereocenters. The van der Waals surface area contributed by atoms with E-state index in [0.717, 1.165) is 15.6 Å². The molecule has 0 spiro atoms. The maximum absolute atomic E-state index is 13.7. The summed E-state index contributed by atoms with van der Waals surface area (Å²) in [5, 5.41) is 0. The smallest absolute Gasteiger partial charge is 0.129 e. The molecule has 0 saturated carbocycles. The third-order valence-corrected chi connectivity index (χ3v) is 4.89. The van der Waals surface area contributed by atoms with Gasteiger partial charge in [0.05, 0.1) is 4.83 Å². The van der Waals surface area contributed by atoms with Crippen LogP contribution in [-0.4, -0.2) is 0 Å². The van der Waals surface area contributed by atoms with Crippen LogP contribution in [0.2, 0.25) is 0 Å². The van der Waals surface area contributed by atoms with Crippen molar-refractivity contribution in [2.24, 2.45) is 0 Å². The summed E-state index contributed by atoms with van der Waals surface area (Å²) in [6, 6.07) is 10.1. The van der Waals surface area contributed by atoms with Gasteiger partial charge in [-0.1, -0.05) is 56.1 Å². The molecule has 2 aromatic carbocycles. The van der Waals surface area contributed by atoms with E-state index in [1.165, 1.54) is 5.56 Å². The fraction of sp³-hybridized carbons (Fsp3) is 0.250. The molecule has 0 saturated heterocycles. The average molecular weight is 386 g/mol. The maximum Gasteiger partial charge on any atom is 0.129 e. The Bertz CT molecular complexity index is 597. The van der Waals surface area contributed by atoms with Gasteiger partial charge in [-0.3, -0.25) is 0 Å². The number of hydrogen-bond donors (Lipinski definition) is 0. The zero-order chi connectivity index (χ0) is 14.2. The van der Waals surface area contributed by atoms with E-state index in [2.05, 4.69) is 57.0 Å². The van der Waals surface area contributed by atoms with Gasteiger partial charge in [0.2, 0.25) is 0 Å². The van der Waals surface area contributed by atoms with Crippen LogP contribution in [0.25, 0.3) is 0 Å². The summed E-state index contributed by atoms with van der Waals surface area (Å²) in [5.74, 6) is -0.119. The van der Waals surface area contributed by atoms with Crippen LogP contribution in [0.1, 0.15) is 32.6 Å². The molecule has 0 amide bonds. The second kappa shape index (κ2) is 5.76. The highest BCUT2D eigenvalue weighted by Crippen LogP contribution is 2.36. The van der Waals surface area contributed by atoms with Gasteiger partial charge in [0.1, 0.15) is 5.82 Å². The third kappa shape index (κ3) is 3.09. The summed E-state index contributed by atoms with van der Waals surface area (Å²) in [4.78, 5) is 0.0560. The van der Waals surface area contributed by atoms with Crippen LogP contribution in [0.4, 0.5) is 4.39 Å². The van der Waals surface area contributed by atoms with Crippen molar-refractivity contribution in [3.63, 3.8) is 0 Å². The molecule has 0 aliphatic rings. The van der Waals surface area contributed by atoms with Gasteiger partial charge in [-0.2, -0.15) is 0 Å². The van der Waals surface area contributed by atoms with Crippen molar-refractivity contribution < 1.29 is 4.39 Å². The molecule has 0 bridgehead atoms. The fourth-order valence-corrected chi connectivity index (χ4v) is 3.84. The van der Waals surface area contributed by atoms with Crippen molar-refractivity contribution in [2.45, 2.75) is 25.6 Å². The SMILES string of the molecule is Cc1ccc(C(Br)c2cc(C)c(F)c(C)c2)c(Br)c1. The Labute approximate surface area is 130 Å². The molecule has 2 aromatic rings. The van der Waals surface area contributed by atoms with Gasteiger partial charge in [0, 0.05) is 4.47 Å². The number of benzene rings is 2. The van der Waals surface area contributed by atoms with Crippen molar-refractivity contribution in [1.29, 1.82) is 0 Å². The summed E-state index contributed by atoms with van der Waals surface area (Å²) in [6.45, 7) is 5.66. The Morgan fingerprint density at radius 2 is 1.58 bits per heavy atom. The van der Waals surface area contributed by atoms with Crippen LogP contribution in [0.5, 0.6) is 0 Å². The van der Waals surface area contributed by atoms with Gasteiger partial charge >= 0.3 is 0 Å². The van der Waals surface area contributed by atoms with Gasteiger partial charge in [-0.05, 0) is 54.7 Å². The zero-order valence-electron chi connectivity index (χ0n) is 11.1. The fourth-order valence-electron chi connectivity index (χ4n) is 2.14. The molecule has 0 heterocycles. The predicted molar refractivity (Wildman–Crippen MR) is 85.5 cm³/mol. The Morgan fingerprint density at radius 3 is 2.11 bits per heavy atom. The van der Waals surface area contributed by atoms with Crippen LogP contribution in [0.15, 0.2) is 34.8 Å². The van der Waals surface area contributed by atoms with Crippen molar-refractivity contribution >= 4 is 31.9 Å². The number of aryl methyl sites for hydroxylation is 3. The van der Waals surface area contributed by atoms with Crippen LogP contribution >= 0.6 is 31.9 Å². The highest BCUT2D eigenvalue weighted by molar-refractivity contribution is 9.11. The molecule has 19 heavy (non-hydrogen) atoms. The molecule has 2 rings (SSSR count). The molecule has 0 nitrogen and oxygen atoms in total. The molecule has 0 aliphatic carbocycles. The van der Waals surface area contributed by atoms with E-state index in [1.54, 1.807) is 13.8 Å². The van der Waals surface area contributed by atoms with Gasteiger partial charge in [-0.25, -0.2) is 4.39 Å². The lowest BCUT2D eigenvalue weighted by atomic mass is 9.99. The predicted octanol–water partition coefficient (Wildman–Crippen LogP) is 6.00. The molecule has 0 fully saturated rings. The number of rotatable bonds is 2. The molecule has 3 heteroatoms. The van der Waals surface area contributed by atoms with E-state index in [4.69, 9.17) is 0 Å². The first-order chi connectivity index (χ1) is 8.90. The highest BCUT2D eigenvalue weighted by Gasteiger charge is 2.16. The monoisotopic (exact) mass is 384 g/mol. The quantitative estimate of drug-likeness (QED) is 0.556. The van der Waals surface area contributed by atoms with Gasteiger partial charge in [-0.15, -0.1) is 0 Å². The number of hydrogen-bond acceptors (Lipinski definition) is 0. The molecule has 0 N–H and O–H groups in total. The van der Waals surface area contributed by atoms with Crippen LogP contribution in [0.3, 0.4) is 0 Å². The molecule has 100 valence electrons. The maximum atomic E-state index is 13.7. The minimum absolute atomic E-state index is 0.0560. The second-order valence-corrected chi connectivity index (χ2v) is 6.63. The van der Waals surface area contributed by atoms with Gasteiger partial charge in [0.25, 0.3) is 0 Å². The normalized spacial score (nSPS) is 12.5. The molecule has 1 unspecified atom stereocenters. The van der Waals surface area contributed by atoms with E-state index in [-0.39, 0.29) is 10.6 Å². The van der Waals surface area contributed by atoms with Gasteiger partial charge < -0.3 is 0 Å². The molecule has 0 aliphatic heterocycles. The summed E-state index contributed by atoms with van der Waals surface area (Å²) >= 11 is 7.30. The van der Waals surface area contributed by atoms with Gasteiger partial charge in [0.15, 0.2) is 0 Å². The van der Waals surface area contributed by atoms with E-state index in [9.17, 15) is 4.39 Å². The minimum Gasteiger partial charge on any atom is -0.206 e. The Hall–Kier alpha value is -0.670. The Morgan fingerprint density at radius 1 is 1.00 bits per heavy atom. The number of alkyl halides is 1. The minimum atomic E-state index is -0.119. The Balaban J connectivity index is 2.47. The third-order valence-electron chi connectivity index (χ3n) is 3.18. The highest BCUT2D eigenvalue weighted by atomic mass is 79.9. The first-order valence-electron chi connectivity index (χ1n) is 6.07. The largest absolute Gasteiger partial charge is 0.206 e. The van der Waals surface area contributed by atoms with Crippen molar-refractivity contribution in [3.05, 3.63) is 68.4 Å².